The van der Waals surface area contributed by atoms with E-state index in [1.807, 2.05) is 12.1 Å². The minimum atomic E-state index is -0.162. The van der Waals surface area contributed by atoms with E-state index in [-0.39, 0.29) is 5.82 Å². The van der Waals surface area contributed by atoms with Gasteiger partial charge in [-0.05, 0) is 61.6 Å². The van der Waals surface area contributed by atoms with E-state index in [0.29, 0.717) is 12.2 Å². The largest absolute Gasteiger partial charge is 0.216 e. The van der Waals surface area contributed by atoms with Gasteiger partial charge in [-0.15, -0.1) is 0 Å². The molecule has 0 bridgehead atoms. The minimum absolute atomic E-state index is 0.162. The van der Waals surface area contributed by atoms with Gasteiger partial charge in [0.1, 0.15) is 5.82 Å². The first-order valence-corrected chi connectivity index (χ1v) is 7.27. The van der Waals surface area contributed by atoms with E-state index >= 15 is 0 Å². The van der Waals surface area contributed by atoms with Crippen LogP contribution >= 0.6 is 0 Å². The SMILES string of the molecule is FC=CC[C@H]1CC[C@H](CCc2ccc(F)cc2)CC1. The van der Waals surface area contributed by atoms with Crippen molar-refractivity contribution in [2.75, 3.05) is 0 Å². The van der Waals surface area contributed by atoms with Crippen LogP contribution in [0.2, 0.25) is 0 Å². The van der Waals surface area contributed by atoms with Crippen molar-refractivity contribution in [3.63, 3.8) is 0 Å². The molecule has 0 heterocycles. The van der Waals surface area contributed by atoms with Crippen molar-refractivity contribution in [1.29, 1.82) is 0 Å². The number of halogens is 2. The molecule has 1 aromatic rings. The molecule has 0 unspecified atom stereocenters. The average molecular weight is 264 g/mol. The van der Waals surface area contributed by atoms with Gasteiger partial charge in [0.25, 0.3) is 0 Å². The summed E-state index contributed by atoms with van der Waals surface area (Å²) >= 11 is 0. The van der Waals surface area contributed by atoms with Gasteiger partial charge in [0.2, 0.25) is 0 Å². The Morgan fingerprint density at radius 1 is 1.00 bits per heavy atom. The van der Waals surface area contributed by atoms with Crippen LogP contribution in [0.3, 0.4) is 0 Å². The third-order valence-electron chi connectivity index (χ3n) is 4.28. The van der Waals surface area contributed by atoms with Crippen molar-refractivity contribution in [3.8, 4) is 0 Å². The van der Waals surface area contributed by atoms with E-state index in [0.717, 1.165) is 18.8 Å². The lowest BCUT2D eigenvalue weighted by Gasteiger charge is -2.27. The fourth-order valence-electron chi connectivity index (χ4n) is 3.02. The average Bonchev–Trinajstić information content (AvgIpc) is 2.46. The molecule has 1 saturated carbocycles. The molecule has 0 N–H and O–H groups in total. The molecular formula is C17H22F2. The van der Waals surface area contributed by atoms with Crippen molar-refractivity contribution in [2.24, 2.45) is 11.8 Å². The second-order valence-corrected chi connectivity index (χ2v) is 5.65. The van der Waals surface area contributed by atoms with E-state index in [9.17, 15) is 8.78 Å². The summed E-state index contributed by atoms with van der Waals surface area (Å²) in [5, 5.41) is 0. The summed E-state index contributed by atoms with van der Waals surface area (Å²) in [4.78, 5) is 0. The van der Waals surface area contributed by atoms with Crippen LogP contribution in [0.5, 0.6) is 0 Å². The lowest BCUT2D eigenvalue weighted by atomic mass is 9.78. The van der Waals surface area contributed by atoms with Crippen molar-refractivity contribution in [3.05, 3.63) is 48.1 Å². The molecule has 1 aliphatic carbocycles. The molecule has 1 aromatic carbocycles. The zero-order valence-corrected chi connectivity index (χ0v) is 11.3. The van der Waals surface area contributed by atoms with Gasteiger partial charge in [-0.3, -0.25) is 0 Å². The van der Waals surface area contributed by atoms with Gasteiger partial charge in [-0.2, -0.15) is 0 Å². The van der Waals surface area contributed by atoms with Crippen LogP contribution in [0.4, 0.5) is 8.78 Å². The Labute approximate surface area is 114 Å². The van der Waals surface area contributed by atoms with Gasteiger partial charge >= 0.3 is 0 Å². The molecule has 0 aliphatic heterocycles. The lowest BCUT2D eigenvalue weighted by Crippen LogP contribution is -2.14. The van der Waals surface area contributed by atoms with Crippen molar-refractivity contribution in [1.82, 2.24) is 0 Å². The number of benzene rings is 1. The smallest absolute Gasteiger partial charge is 0.123 e. The normalized spacial score (nSPS) is 23.9. The maximum Gasteiger partial charge on any atom is 0.123 e. The predicted octanol–water partition coefficient (Wildman–Crippen LogP) is 5.44. The zero-order valence-electron chi connectivity index (χ0n) is 11.3. The maximum absolute atomic E-state index is 12.8. The topological polar surface area (TPSA) is 0 Å². The van der Waals surface area contributed by atoms with Crippen LogP contribution in [0.15, 0.2) is 36.7 Å². The van der Waals surface area contributed by atoms with Crippen LogP contribution < -0.4 is 0 Å². The molecule has 1 aliphatic rings. The quantitative estimate of drug-likeness (QED) is 0.664. The monoisotopic (exact) mass is 264 g/mol. The highest BCUT2D eigenvalue weighted by molar-refractivity contribution is 5.16. The highest BCUT2D eigenvalue weighted by Gasteiger charge is 2.20. The summed E-state index contributed by atoms with van der Waals surface area (Å²) in [5.74, 6) is 1.30. The summed E-state index contributed by atoms with van der Waals surface area (Å²) < 4.78 is 24.7. The zero-order chi connectivity index (χ0) is 13.5. The Bertz CT molecular complexity index is 386. The molecule has 0 atom stereocenters. The fraction of sp³-hybridized carbons (Fsp3) is 0.529. The van der Waals surface area contributed by atoms with E-state index in [1.165, 1.54) is 49.8 Å². The van der Waals surface area contributed by atoms with Crippen molar-refractivity contribution >= 4 is 0 Å². The first-order chi connectivity index (χ1) is 9.28. The number of rotatable bonds is 5. The van der Waals surface area contributed by atoms with Gasteiger partial charge in [0.05, 0.1) is 6.33 Å². The highest BCUT2D eigenvalue weighted by atomic mass is 19.1. The molecular weight excluding hydrogens is 242 g/mol. The van der Waals surface area contributed by atoms with Crippen LogP contribution in [0.25, 0.3) is 0 Å². The van der Waals surface area contributed by atoms with Crippen LogP contribution in [0, 0.1) is 17.7 Å². The number of aryl methyl sites for hydroxylation is 1. The Hall–Kier alpha value is -1.18. The molecule has 0 nitrogen and oxygen atoms in total. The van der Waals surface area contributed by atoms with E-state index in [1.54, 1.807) is 6.08 Å². The fourth-order valence-corrected chi connectivity index (χ4v) is 3.02. The summed E-state index contributed by atoms with van der Waals surface area (Å²) in [5.41, 5.74) is 1.23. The summed E-state index contributed by atoms with van der Waals surface area (Å²) in [6.07, 6.45) is 10.4. The Morgan fingerprint density at radius 3 is 2.26 bits per heavy atom. The van der Waals surface area contributed by atoms with Gasteiger partial charge in [-0.25, -0.2) is 8.78 Å². The minimum Gasteiger partial charge on any atom is -0.216 e. The summed E-state index contributed by atoms with van der Waals surface area (Å²) in [6, 6.07) is 6.84. The van der Waals surface area contributed by atoms with Gasteiger partial charge < -0.3 is 0 Å². The number of allylic oxidation sites excluding steroid dienone is 1. The molecule has 2 heteroatoms. The highest BCUT2D eigenvalue weighted by Crippen LogP contribution is 2.33. The first-order valence-electron chi connectivity index (χ1n) is 7.27. The molecule has 0 saturated heterocycles. The number of hydrogen-bond donors (Lipinski definition) is 0. The van der Waals surface area contributed by atoms with Crippen LogP contribution in [-0.4, -0.2) is 0 Å². The molecule has 0 amide bonds. The Morgan fingerprint density at radius 2 is 1.63 bits per heavy atom. The molecule has 0 aromatic heterocycles. The molecule has 19 heavy (non-hydrogen) atoms. The summed E-state index contributed by atoms with van der Waals surface area (Å²) in [7, 11) is 0. The molecule has 0 spiro atoms. The number of hydrogen-bond acceptors (Lipinski definition) is 0. The third kappa shape index (κ3) is 4.77. The standard InChI is InChI=1S/C17H22F2/c18-13-1-2-14-3-5-15(6-4-14)7-8-16-9-11-17(19)12-10-16/h1,9-15H,2-8H2/t14-,15-. The summed E-state index contributed by atoms with van der Waals surface area (Å²) in [6.45, 7) is 0. The second kappa shape index (κ2) is 7.42. The third-order valence-corrected chi connectivity index (χ3v) is 4.28. The van der Waals surface area contributed by atoms with Gasteiger partial charge in [-0.1, -0.05) is 31.1 Å². The first kappa shape index (κ1) is 14.2. The lowest BCUT2D eigenvalue weighted by molar-refractivity contribution is 0.264. The maximum atomic E-state index is 12.8. The van der Waals surface area contributed by atoms with Gasteiger partial charge in [0.15, 0.2) is 0 Å². The van der Waals surface area contributed by atoms with E-state index in [4.69, 9.17) is 0 Å². The molecule has 104 valence electrons. The Kier molecular flexibility index (Phi) is 5.56. The predicted molar refractivity (Wildman–Crippen MR) is 75.0 cm³/mol. The molecule has 2 rings (SSSR count). The Balaban J connectivity index is 1.69. The van der Waals surface area contributed by atoms with Crippen LogP contribution in [-0.2, 0) is 6.42 Å². The second-order valence-electron chi connectivity index (χ2n) is 5.65. The van der Waals surface area contributed by atoms with Gasteiger partial charge in [0, 0.05) is 0 Å². The van der Waals surface area contributed by atoms with Crippen molar-refractivity contribution < 1.29 is 8.78 Å². The molecule has 1 fully saturated rings. The van der Waals surface area contributed by atoms with E-state index in [2.05, 4.69) is 0 Å². The van der Waals surface area contributed by atoms with Crippen LogP contribution in [0.1, 0.15) is 44.1 Å². The van der Waals surface area contributed by atoms with E-state index < -0.39 is 0 Å². The van der Waals surface area contributed by atoms with Crippen molar-refractivity contribution in [2.45, 2.75) is 44.9 Å². The molecule has 0 radical (unpaired) electrons.